The lowest BCUT2D eigenvalue weighted by Gasteiger charge is -2.34. The molecular weight excluding hydrogens is 405 g/mol. The van der Waals surface area contributed by atoms with Crippen LogP contribution in [0.2, 0.25) is 10.0 Å². The Kier molecular flexibility index (Phi) is 5.12. The molecule has 2 aromatic carbocycles. The molecule has 1 fully saturated rings. The Labute approximate surface area is 171 Å². The van der Waals surface area contributed by atoms with Crippen LogP contribution < -0.4 is 9.64 Å². The van der Waals surface area contributed by atoms with Gasteiger partial charge in [-0.25, -0.2) is 4.98 Å². The van der Waals surface area contributed by atoms with Gasteiger partial charge in [-0.1, -0.05) is 34.5 Å². The summed E-state index contributed by atoms with van der Waals surface area (Å²) in [4.78, 5) is 21.4. The molecule has 1 amide bonds. The fourth-order valence-electron chi connectivity index (χ4n) is 3.12. The minimum absolute atomic E-state index is 0.0281. The predicted octanol–water partition coefficient (Wildman–Crippen LogP) is 4.57. The SMILES string of the molecule is COc1ccc(Cl)c2sc(N3CCN(C(=O)c4ccc(Cl)cc4)CC3)nc12. The highest BCUT2D eigenvalue weighted by molar-refractivity contribution is 7.22. The van der Waals surface area contributed by atoms with Crippen LogP contribution in [0.1, 0.15) is 10.4 Å². The quantitative estimate of drug-likeness (QED) is 0.620. The van der Waals surface area contributed by atoms with Gasteiger partial charge in [-0.15, -0.1) is 0 Å². The number of hydrogen-bond donors (Lipinski definition) is 0. The number of fused-ring (bicyclic) bond motifs is 1. The second kappa shape index (κ2) is 7.54. The van der Waals surface area contributed by atoms with E-state index in [1.165, 1.54) is 0 Å². The Morgan fingerprint density at radius 3 is 2.44 bits per heavy atom. The molecule has 0 spiro atoms. The first-order valence-corrected chi connectivity index (χ1v) is 10.1. The zero-order valence-electron chi connectivity index (χ0n) is 14.6. The number of carbonyl (C=O) groups excluding carboxylic acids is 1. The van der Waals surface area contributed by atoms with Crippen molar-refractivity contribution in [2.75, 3.05) is 38.2 Å². The standard InChI is InChI=1S/C19H17Cl2N3O2S/c1-26-15-7-6-14(21)17-16(15)22-19(27-17)24-10-8-23(9-11-24)18(25)12-2-4-13(20)5-3-12/h2-7H,8-11H2,1H3. The van der Waals surface area contributed by atoms with Crippen molar-refractivity contribution < 1.29 is 9.53 Å². The summed E-state index contributed by atoms with van der Waals surface area (Å²) in [5.41, 5.74) is 1.44. The van der Waals surface area contributed by atoms with Crippen LogP contribution >= 0.6 is 34.5 Å². The molecule has 0 atom stereocenters. The molecule has 0 aliphatic carbocycles. The van der Waals surface area contributed by atoms with E-state index in [1.54, 1.807) is 42.7 Å². The maximum Gasteiger partial charge on any atom is 0.253 e. The van der Waals surface area contributed by atoms with Crippen LogP contribution in [0.5, 0.6) is 5.75 Å². The smallest absolute Gasteiger partial charge is 0.253 e. The lowest BCUT2D eigenvalue weighted by molar-refractivity contribution is 0.0747. The number of methoxy groups -OCH3 is 1. The Bertz CT molecular complexity index is 983. The number of hydrogen-bond acceptors (Lipinski definition) is 5. The lowest BCUT2D eigenvalue weighted by Crippen LogP contribution is -2.48. The van der Waals surface area contributed by atoms with Crippen LogP contribution in [-0.4, -0.2) is 49.1 Å². The van der Waals surface area contributed by atoms with Crippen LogP contribution in [0.3, 0.4) is 0 Å². The first-order valence-electron chi connectivity index (χ1n) is 8.49. The van der Waals surface area contributed by atoms with Crippen molar-refractivity contribution in [2.24, 2.45) is 0 Å². The number of piperazine rings is 1. The van der Waals surface area contributed by atoms with E-state index in [9.17, 15) is 4.79 Å². The van der Waals surface area contributed by atoms with Crippen molar-refractivity contribution in [2.45, 2.75) is 0 Å². The highest BCUT2D eigenvalue weighted by atomic mass is 35.5. The average molecular weight is 422 g/mol. The molecule has 1 aliphatic heterocycles. The fourth-order valence-corrected chi connectivity index (χ4v) is 4.55. The van der Waals surface area contributed by atoms with E-state index >= 15 is 0 Å². The summed E-state index contributed by atoms with van der Waals surface area (Å²) in [7, 11) is 1.63. The van der Waals surface area contributed by atoms with E-state index in [0.717, 1.165) is 28.4 Å². The van der Waals surface area contributed by atoms with E-state index in [-0.39, 0.29) is 5.91 Å². The minimum Gasteiger partial charge on any atom is -0.494 e. The van der Waals surface area contributed by atoms with Crippen molar-refractivity contribution in [1.29, 1.82) is 0 Å². The van der Waals surface area contributed by atoms with Crippen molar-refractivity contribution in [3.8, 4) is 5.75 Å². The van der Waals surface area contributed by atoms with Gasteiger partial charge in [0.05, 0.1) is 16.8 Å². The van der Waals surface area contributed by atoms with Crippen LogP contribution in [0, 0.1) is 0 Å². The van der Waals surface area contributed by atoms with Gasteiger partial charge in [-0.05, 0) is 36.4 Å². The third kappa shape index (κ3) is 3.57. The number of anilines is 1. The average Bonchev–Trinajstić information content (AvgIpc) is 3.15. The zero-order chi connectivity index (χ0) is 19.0. The molecule has 0 unspecified atom stereocenters. The molecule has 1 aromatic heterocycles. The summed E-state index contributed by atoms with van der Waals surface area (Å²) in [6, 6.07) is 10.7. The van der Waals surface area contributed by atoms with Crippen LogP contribution in [0.15, 0.2) is 36.4 Å². The van der Waals surface area contributed by atoms with E-state index in [0.29, 0.717) is 34.4 Å². The molecule has 4 rings (SSSR count). The van der Waals surface area contributed by atoms with Crippen molar-refractivity contribution in [3.63, 3.8) is 0 Å². The number of thiazole rings is 1. The predicted molar refractivity (Wildman–Crippen MR) is 111 cm³/mol. The molecule has 5 nitrogen and oxygen atoms in total. The lowest BCUT2D eigenvalue weighted by atomic mass is 10.2. The monoisotopic (exact) mass is 421 g/mol. The van der Waals surface area contributed by atoms with Crippen molar-refractivity contribution >= 4 is 55.8 Å². The summed E-state index contributed by atoms with van der Waals surface area (Å²) >= 11 is 13.8. The van der Waals surface area contributed by atoms with Gasteiger partial charge in [0.2, 0.25) is 0 Å². The Balaban J connectivity index is 1.49. The van der Waals surface area contributed by atoms with Gasteiger partial charge in [-0.2, -0.15) is 0 Å². The first-order chi connectivity index (χ1) is 13.1. The third-order valence-electron chi connectivity index (χ3n) is 4.60. The largest absolute Gasteiger partial charge is 0.494 e. The minimum atomic E-state index is 0.0281. The van der Waals surface area contributed by atoms with Gasteiger partial charge in [0.25, 0.3) is 5.91 Å². The summed E-state index contributed by atoms with van der Waals surface area (Å²) in [5.74, 6) is 0.744. The number of ether oxygens (including phenoxy) is 1. The second-order valence-electron chi connectivity index (χ2n) is 6.21. The Morgan fingerprint density at radius 1 is 1.07 bits per heavy atom. The number of amides is 1. The Morgan fingerprint density at radius 2 is 1.78 bits per heavy atom. The van der Waals surface area contributed by atoms with E-state index in [1.807, 2.05) is 17.0 Å². The van der Waals surface area contributed by atoms with Crippen molar-refractivity contribution in [1.82, 2.24) is 9.88 Å². The summed E-state index contributed by atoms with van der Waals surface area (Å²) in [6.07, 6.45) is 0. The molecule has 0 N–H and O–H groups in total. The highest BCUT2D eigenvalue weighted by Crippen LogP contribution is 2.38. The molecule has 1 aliphatic rings. The molecule has 3 aromatic rings. The summed E-state index contributed by atoms with van der Waals surface area (Å²) in [6.45, 7) is 2.72. The molecule has 8 heteroatoms. The molecule has 0 bridgehead atoms. The molecule has 1 saturated heterocycles. The van der Waals surface area contributed by atoms with E-state index < -0.39 is 0 Å². The number of halogens is 2. The van der Waals surface area contributed by atoms with Crippen LogP contribution in [0.25, 0.3) is 10.2 Å². The third-order valence-corrected chi connectivity index (χ3v) is 6.42. The first kappa shape index (κ1) is 18.3. The van der Waals surface area contributed by atoms with Crippen LogP contribution in [0.4, 0.5) is 5.13 Å². The fraction of sp³-hybridized carbons (Fsp3) is 0.263. The van der Waals surface area contributed by atoms with Gasteiger partial charge in [0.1, 0.15) is 11.3 Å². The highest BCUT2D eigenvalue weighted by Gasteiger charge is 2.24. The second-order valence-corrected chi connectivity index (χ2v) is 8.03. The van der Waals surface area contributed by atoms with Gasteiger partial charge >= 0.3 is 0 Å². The van der Waals surface area contributed by atoms with E-state index in [2.05, 4.69) is 4.90 Å². The normalized spacial score (nSPS) is 14.6. The molecule has 0 saturated carbocycles. The van der Waals surface area contributed by atoms with Crippen molar-refractivity contribution in [3.05, 3.63) is 52.0 Å². The van der Waals surface area contributed by atoms with Gasteiger partial charge in [0, 0.05) is 36.8 Å². The van der Waals surface area contributed by atoms with Gasteiger partial charge in [-0.3, -0.25) is 4.79 Å². The molecule has 0 radical (unpaired) electrons. The number of rotatable bonds is 3. The summed E-state index contributed by atoms with van der Waals surface area (Å²) in [5, 5.41) is 2.20. The topological polar surface area (TPSA) is 45.7 Å². The zero-order valence-corrected chi connectivity index (χ0v) is 16.9. The molecule has 140 valence electrons. The molecule has 27 heavy (non-hydrogen) atoms. The number of benzene rings is 2. The molecule has 2 heterocycles. The van der Waals surface area contributed by atoms with Gasteiger partial charge in [0.15, 0.2) is 5.13 Å². The maximum absolute atomic E-state index is 12.6. The Hall–Kier alpha value is -2.02. The van der Waals surface area contributed by atoms with Crippen LogP contribution in [-0.2, 0) is 0 Å². The molecular formula is C19H17Cl2N3O2S. The number of carbonyl (C=O) groups is 1. The number of aromatic nitrogens is 1. The maximum atomic E-state index is 12.6. The summed E-state index contributed by atoms with van der Waals surface area (Å²) < 4.78 is 6.32. The van der Waals surface area contributed by atoms with E-state index in [4.69, 9.17) is 32.9 Å². The van der Waals surface area contributed by atoms with Gasteiger partial charge < -0.3 is 14.5 Å². The number of nitrogens with zero attached hydrogens (tertiary/aromatic N) is 3.